The van der Waals surface area contributed by atoms with Crippen LogP contribution in [0.15, 0.2) is 12.4 Å². The van der Waals surface area contributed by atoms with Crippen LogP contribution in [0.25, 0.3) is 0 Å². The van der Waals surface area contributed by atoms with E-state index in [2.05, 4.69) is 34.5 Å². The number of nitrogens with zero attached hydrogens (tertiary/aromatic N) is 6. The van der Waals surface area contributed by atoms with E-state index in [0.717, 1.165) is 48.2 Å². The molecule has 0 fully saturated rings. The van der Waals surface area contributed by atoms with Gasteiger partial charge in [-0.05, 0) is 19.3 Å². The lowest BCUT2D eigenvalue weighted by Gasteiger charge is -2.05. The van der Waals surface area contributed by atoms with Crippen LogP contribution in [0.4, 0.5) is 4.79 Å². The van der Waals surface area contributed by atoms with Crippen molar-refractivity contribution >= 4 is 6.03 Å². The molecule has 0 aliphatic rings. The number of rotatable bonds is 5. The molecule has 0 amide bonds. The number of hydrogen-bond acceptors (Lipinski definition) is 5. The lowest BCUT2D eigenvalue weighted by atomic mass is 10.1. The Hall–Kier alpha value is -2.05. The standard InChI is InChI=1S/C12H18N6O/c1-3-5-7-10-11(6-4-2)18(16-14-10)12(19)17-9-8-13-15-17/h8-9H,3-7H2,1-2H3. The van der Waals surface area contributed by atoms with Gasteiger partial charge >= 0.3 is 6.03 Å². The van der Waals surface area contributed by atoms with Crippen LogP contribution in [-0.4, -0.2) is 36.0 Å². The van der Waals surface area contributed by atoms with Crippen molar-refractivity contribution in [1.29, 1.82) is 0 Å². The highest BCUT2D eigenvalue weighted by atomic mass is 16.2. The summed E-state index contributed by atoms with van der Waals surface area (Å²) >= 11 is 0. The van der Waals surface area contributed by atoms with Crippen molar-refractivity contribution in [2.45, 2.75) is 46.0 Å². The van der Waals surface area contributed by atoms with Gasteiger partial charge in [0, 0.05) is 0 Å². The quantitative estimate of drug-likeness (QED) is 0.819. The molecule has 0 saturated heterocycles. The smallest absolute Gasteiger partial charge is 0.243 e. The van der Waals surface area contributed by atoms with Crippen LogP contribution in [0.3, 0.4) is 0 Å². The van der Waals surface area contributed by atoms with Crippen molar-refractivity contribution in [1.82, 2.24) is 30.0 Å². The van der Waals surface area contributed by atoms with E-state index in [1.165, 1.54) is 17.1 Å². The predicted octanol–water partition coefficient (Wildman–Crippen LogP) is 1.68. The van der Waals surface area contributed by atoms with Crippen molar-refractivity contribution in [2.75, 3.05) is 0 Å². The molecule has 0 spiro atoms. The zero-order valence-corrected chi connectivity index (χ0v) is 11.3. The van der Waals surface area contributed by atoms with Crippen LogP contribution >= 0.6 is 0 Å². The lowest BCUT2D eigenvalue weighted by Crippen LogP contribution is -2.23. The maximum absolute atomic E-state index is 12.2. The van der Waals surface area contributed by atoms with E-state index in [4.69, 9.17) is 0 Å². The SMILES string of the molecule is CCCCc1nnn(C(=O)n2ccnn2)c1CCC. The molecule has 0 aliphatic carbocycles. The van der Waals surface area contributed by atoms with E-state index in [-0.39, 0.29) is 6.03 Å². The lowest BCUT2D eigenvalue weighted by molar-refractivity contribution is 0.236. The molecule has 2 rings (SSSR count). The Morgan fingerprint density at radius 2 is 2.05 bits per heavy atom. The summed E-state index contributed by atoms with van der Waals surface area (Å²) in [7, 11) is 0. The molecule has 0 radical (unpaired) electrons. The molecule has 102 valence electrons. The molecule has 0 aromatic carbocycles. The summed E-state index contributed by atoms with van der Waals surface area (Å²) in [6.45, 7) is 4.20. The Morgan fingerprint density at radius 3 is 2.68 bits per heavy atom. The Bertz CT molecular complexity index is 530. The van der Waals surface area contributed by atoms with E-state index in [9.17, 15) is 4.79 Å². The summed E-state index contributed by atoms with van der Waals surface area (Å²) in [5, 5.41) is 15.4. The van der Waals surface area contributed by atoms with Crippen LogP contribution < -0.4 is 0 Å². The van der Waals surface area contributed by atoms with Gasteiger partial charge in [0.1, 0.15) is 0 Å². The molecule has 7 nitrogen and oxygen atoms in total. The number of aryl methyl sites for hydroxylation is 1. The van der Waals surface area contributed by atoms with Crippen molar-refractivity contribution in [2.24, 2.45) is 0 Å². The number of carbonyl (C=O) groups excluding carboxylic acids is 1. The Balaban J connectivity index is 2.29. The number of hydrogen-bond donors (Lipinski definition) is 0. The van der Waals surface area contributed by atoms with E-state index in [1.54, 1.807) is 0 Å². The second kappa shape index (κ2) is 6.21. The zero-order chi connectivity index (χ0) is 13.7. The Labute approximate surface area is 111 Å². The van der Waals surface area contributed by atoms with Crippen molar-refractivity contribution in [3.8, 4) is 0 Å². The molecular formula is C12H18N6O. The van der Waals surface area contributed by atoms with Gasteiger partial charge in [0.15, 0.2) is 0 Å². The number of unbranched alkanes of at least 4 members (excludes halogenated alkanes) is 1. The first-order chi connectivity index (χ1) is 9.27. The zero-order valence-electron chi connectivity index (χ0n) is 11.3. The molecule has 2 aromatic rings. The molecule has 0 aliphatic heterocycles. The Kier molecular flexibility index (Phi) is 4.38. The monoisotopic (exact) mass is 262 g/mol. The first-order valence-corrected chi connectivity index (χ1v) is 6.62. The Morgan fingerprint density at radius 1 is 1.21 bits per heavy atom. The molecule has 0 atom stereocenters. The molecule has 0 N–H and O–H groups in total. The fraction of sp³-hybridized carbons (Fsp3) is 0.583. The fourth-order valence-electron chi connectivity index (χ4n) is 1.92. The third-order valence-corrected chi connectivity index (χ3v) is 2.90. The van der Waals surface area contributed by atoms with Gasteiger partial charge in [-0.1, -0.05) is 37.1 Å². The van der Waals surface area contributed by atoms with Gasteiger partial charge in [0.05, 0.1) is 23.8 Å². The first-order valence-electron chi connectivity index (χ1n) is 6.62. The summed E-state index contributed by atoms with van der Waals surface area (Å²) in [6.07, 6.45) is 7.69. The van der Waals surface area contributed by atoms with Crippen LogP contribution in [0.1, 0.15) is 44.5 Å². The van der Waals surface area contributed by atoms with Gasteiger partial charge in [-0.3, -0.25) is 0 Å². The first kappa shape index (κ1) is 13.4. The molecule has 0 saturated carbocycles. The van der Waals surface area contributed by atoms with Gasteiger partial charge in [-0.25, -0.2) is 4.79 Å². The van der Waals surface area contributed by atoms with E-state index >= 15 is 0 Å². The summed E-state index contributed by atoms with van der Waals surface area (Å²) in [5.74, 6) is 0. The summed E-state index contributed by atoms with van der Waals surface area (Å²) in [6, 6.07) is -0.337. The van der Waals surface area contributed by atoms with Crippen LogP contribution in [0.2, 0.25) is 0 Å². The molecule has 0 unspecified atom stereocenters. The summed E-state index contributed by atoms with van der Waals surface area (Å²) in [4.78, 5) is 12.2. The molecule has 2 aromatic heterocycles. The minimum absolute atomic E-state index is 0.337. The fourth-order valence-corrected chi connectivity index (χ4v) is 1.92. The molecule has 2 heterocycles. The van der Waals surface area contributed by atoms with E-state index < -0.39 is 0 Å². The third kappa shape index (κ3) is 2.86. The van der Waals surface area contributed by atoms with Gasteiger partial charge in [-0.15, -0.1) is 10.2 Å². The minimum Gasteiger partial charge on any atom is -0.243 e. The largest absolute Gasteiger partial charge is 0.372 e. The highest BCUT2D eigenvalue weighted by Gasteiger charge is 2.18. The van der Waals surface area contributed by atoms with Crippen LogP contribution in [0.5, 0.6) is 0 Å². The van der Waals surface area contributed by atoms with E-state index in [0.29, 0.717) is 0 Å². The average Bonchev–Trinajstić information content (AvgIpc) is 3.06. The number of carbonyl (C=O) groups is 1. The predicted molar refractivity (Wildman–Crippen MR) is 68.8 cm³/mol. The van der Waals surface area contributed by atoms with Gasteiger partial charge < -0.3 is 0 Å². The maximum atomic E-state index is 12.2. The molecular weight excluding hydrogens is 244 g/mol. The summed E-state index contributed by atoms with van der Waals surface area (Å²) in [5.41, 5.74) is 1.80. The maximum Gasteiger partial charge on any atom is 0.372 e. The second-order valence-corrected chi connectivity index (χ2v) is 4.38. The second-order valence-electron chi connectivity index (χ2n) is 4.38. The highest BCUT2D eigenvalue weighted by Crippen LogP contribution is 2.12. The average molecular weight is 262 g/mol. The number of aromatic nitrogens is 6. The normalized spacial score (nSPS) is 10.8. The molecule has 7 heteroatoms. The van der Waals surface area contributed by atoms with Crippen molar-refractivity contribution in [3.05, 3.63) is 23.8 Å². The van der Waals surface area contributed by atoms with Gasteiger partial charge in [0.2, 0.25) is 0 Å². The van der Waals surface area contributed by atoms with Crippen LogP contribution in [0, 0.1) is 0 Å². The van der Waals surface area contributed by atoms with Crippen LogP contribution in [-0.2, 0) is 12.8 Å². The minimum atomic E-state index is -0.337. The molecule has 0 bridgehead atoms. The van der Waals surface area contributed by atoms with E-state index in [1.807, 2.05) is 0 Å². The van der Waals surface area contributed by atoms with Crippen molar-refractivity contribution < 1.29 is 4.79 Å². The van der Waals surface area contributed by atoms with Gasteiger partial charge in [0.25, 0.3) is 0 Å². The van der Waals surface area contributed by atoms with Crippen molar-refractivity contribution in [3.63, 3.8) is 0 Å². The summed E-state index contributed by atoms with van der Waals surface area (Å²) < 4.78 is 2.50. The third-order valence-electron chi connectivity index (χ3n) is 2.90. The topological polar surface area (TPSA) is 78.5 Å². The van der Waals surface area contributed by atoms with Gasteiger partial charge in [-0.2, -0.15) is 9.36 Å². The highest BCUT2D eigenvalue weighted by molar-refractivity contribution is 5.77. The molecule has 19 heavy (non-hydrogen) atoms.